The summed E-state index contributed by atoms with van der Waals surface area (Å²) in [4.78, 5) is 14.6. The van der Waals surface area contributed by atoms with E-state index in [0.29, 0.717) is 25.4 Å². The molecule has 0 aromatic rings. The van der Waals surface area contributed by atoms with E-state index in [-0.39, 0.29) is 22.4 Å². The van der Waals surface area contributed by atoms with Crippen LogP contribution in [-0.2, 0) is 4.79 Å². The van der Waals surface area contributed by atoms with Crippen LogP contribution in [0.15, 0.2) is 0 Å². The highest BCUT2D eigenvalue weighted by Gasteiger charge is 2.49. The molecular weight excluding hydrogens is 276 g/mol. The number of hydrogen-bond acceptors (Lipinski definition) is 3. The number of nitrogens with one attached hydrogen (secondary N) is 1. The molecule has 0 aliphatic carbocycles. The number of nitrogens with zero attached hydrogens (tertiary/aromatic N) is 1. The Balaban J connectivity index is 2.01. The minimum Gasteiger partial charge on any atom is -0.388 e. The van der Waals surface area contributed by atoms with Crippen LogP contribution >= 0.6 is 0 Å². The van der Waals surface area contributed by atoms with Crippen molar-refractivity contribution in [1.29, 1.82) is 0 Å². The van der Waals surface area contributed by atoms with Gasteiger partial charge < -0.3 is 15.3 Å². The summed E-state index contributed by atoms with van der Waals surface area (Å²) >= 11 is 0. The van der Waals surface area contributed by atoms with Crippen molar-refractivity contribution < 1.29 is 9.90 Å². The van der Waals surface area contributed by atoms with Crippen molar-refractivity contribution in [2.24, 2.45) is 11.3 Å². The van der Waals surface area contributed by atoms with E-state index in [1.807, 2.05) is 25.7 Å². The summed E-state index contributed by atoms with van der Waals surface area (Å²) in [5, 5.41) is 14.2. The van der Waals surface area contributed by atoms with Gasteiger partial charge in [0.2, 0.25) is 5.91 Å². The van der Waals surface area contributed by atoms with Crippen molar-refractivity contribution in [3.05, 3.63) is 0 Å². The average molecular weight is 310 g/mol. The summed E-state index contributed by atoms with van der Waals surface area (Å²) in [5.41, 5.74) is -0.893. The van der Waals surface area contributed by atoms with Crippen LogP contribution in [-0.4, -0.2) is 45.7 Å². The smallest absolute Gasteiger partial charge is 0.222 e. The summed E-state index contributed by atoms with van der Waals surface area (Å²) in [5.74, 6) is 0.608. The number of piperidine rings is 1. The maximum Gasteiger partial charge on any atom is 0.222 e. The monoisotopic (exact) mass is 310 g/mol. The van der Waals surface area contributed by atoms with E-state index in [1.54, 1.807) is 0 Å². The van der Waals surface area contributed by atoms with E-state index in [1.165, 1.54) is 0 Å². The van der Waals surface area contributed by atoms with E-state index < -0.39 is 5.60 Å². The highest BCUT2D eigenvalue weighted by Crippen LogP contribution is 2.40. The van der Waals surface area contributed by atoms with Crippen LogP contribution < -0.4 is 5.32 Å². The van der Waals surface area contributed by atoms with Crippen LogP contribution in [0.5, 0.6) is 0 Å². The molecule has 2 fully saturated rings. The lowest BCUT2D eigenvalue weighted by Crippen LogP contribution is -2.58. The molecule has 0 spiro atoms. The van der Waals surface area contributed by atoms with Crippen LogP contribution in [0.3, 0.4) is 0 Å². The second-order valence-electron chi connectivity index (χ2n) is 9.78. The first kappa shape index (κ1) is 17.7. The third kappa shape index (κ3) is 3.65. The minimum atomic E-state index is -0.796. The second kappa shape index (κ2) is 5.20. The molecule has 2 N–H and O–H groups in total. The molecule has 2 heterocycles. The number of β-amino-alcohol motifs (C(OH)–C–C–N with tert-alkyl or cyclic N) is 1. The number of rotatable bonds is 2. The Morgan fingerprint density at radius 3 is 1.95 bits per heavy atom. The van der Waals surface area contributed by atoms with Crippen LogP contribution in [0.4, 0.5) is 0 Å². The molecule has 0 unspecified atom stereocenters. The summed E-state index contributed by atoms with van der Waals surface area (Å²) in [7, 11) is 0. The van der Waals surface area contributed by atoms with Gasteiger partial charge in [-0.3, -0.25) is 4.79 Å². The Labute approximate surface area is 135 Å². The number of aliphatic hydroxyl groups is 1. The lowest BCUT2D eigenvalue weighted by atomic mass is 9.74. The third-order valence-electron chi connectivity index (χ3n) is 5.63. The zero-order valence-corrected chi connectivity index (χ0v) is 15.4. The third-order valence-corrected chi connectivity index (χ3v) is 5.63. The van der Waals surface area contributed by atoms with E-state index in [4.69, 9.17) is 0 Å². The fourth-order valence-electron chi connectivity index (χ4n) is 4.52. The van der Waals surface area contributed by atoms with Gasteiger partial charge >= 0.3 is 0 Å². The predicted molar refractivity (Wildman–Crippen MR) is 89.6 cm³/mol. The standard InChI is InChI=1S/C18H34N2O2/c1-15(2)11-20(12-18(15,7)22)14(21)8-13-9-16(3,4)19-17(5,6)10-13/h13,19,22H,8-12H2,1-7H3/t18-/m0/s1. The fraction of sp³-hybridized carbons (Fsp3) is 0.944. The van der Waals surface area contributed by atoms with Gasteiger partial charge in [-0.25, -0.2) is 0 Å². The molecule has 0 aromatic carbocycles. The van der Waals surface area contributed by atoms with E-state index >= 15 is 0 Å². The molecule has 4 heteroatoms. The quantitative estimate of drug-likeness (QED) is 0.824. The van der Waals surface area contributed by atoms with Crippen molar-refractivity contribution in [2.75, 3.05) is 13.1 Å². The highest BCUT2D eigenvalue weighted by molar-refractivity contribution is 5.77. The lowest BCUT2D eigenvalue weighted by Gasteiger charge is -2.46. The van der Waals surface area contributed by atoms with Crippen molar-refractivity contribution in [2.45, 2.75) is 84.4 Å². The van der Waals surface area contributed by atoms with E-state index in [0.717, 1.165) is 12.8 Å². The van der Waals surface area contributed by atoms with Crippen LogP contribution in [0.1, 0.15) is 67.7 Å². The SMILES string of the molecule is CC1(C)CC(CC(=O)N2CC(C)(C)[C@@](C)(O)C2)CC(C)(C)N1. The molecular formula is C18H34N2O2. The molecule has 0 bridgehead atoms. The molecule has 2 aliphatic heterocycles. The first-order valence-corrected chi connectivity index (χ1v) is 8.53. The Kier molecular flexibility index (Phi) is 4.19. The normalized spacial score (nSPS) is 33.9. The van der Waals surface area contributed by atoms with Gasteiger partial charge in [0.25, 0.3) is 0 Å². The first-order chi connectivity index (χ1) is 9.73. The molecule has 1 atom stereocenters. The lowest BCUT2D eigenvalue weighted by molar-refractivity contribution is -0.132. The first-order valence-electron chi connectivity index (χ1n) is 8.53. The number of amides is 1. The average Bonchev–Trinajstić information content (AvgIpc) is 2.43. The van der Waals surface area contributed by atoms with Gasteiger partial charge in [0.15, 0.2) is 0 Å². The molecule has 1 amide bonds. The van der Waals surface area contributed by atoms with Crippen molar-refractivity contribution in [3.8, 4) is 0 Å². The molecule has 2 rings (SSSR count). The van der Waals surface area contributed by atoms with Crippen LogP contribution in [0.2, 0.25) is 0 Å². The number of carbonyl (C=O) groups excluding carboxylic acids is 1. The van der Waals surface area contributed by atoms with Gasteiger partial charge in [0.1, 0.15) is 0 Å². The molecule has 0 saturated carbocycles. The Hall–Kier alpha value is -0.610. The van der Waals surface area contributed by atoms with Crippen molar-refractivity contribution >= 4 is 5.91 Å². The van der Waals surface area contributed by atoms with E-state index in [9.17, 15) is 9.90 Å². The zero-order chi connectivity index (χ0) is 17.0. The van der Waals surface area contributed by atoms with Crippen LogP contribution in [0.25, 0.3) is 0 Å². The minimum absolute atomic E-state index is 0.0719. The van der Waals surface area contributed by atoms with Gasteiger partial charge in [0.05, 0.1) is 5.60 Å². The zero-order valence-electron chi connectivity index (χ0n) is 15.4. The molecule has 2 saturated heterocycles. The van der Waals surface area contributed by atoms with E-state index in [2.05, 4.69) is 33.0 Å². The van der Waals surface area contributed by atoms with Gasteiger partial charge in [0, 0.05) is 36.0 Å². The Morgan fingerprint density at radius 1 is 1.05 bits per heavy atom. The van der Waals surface area contributed by atoms with Crippen molar-refractivity contribution in [3.63, 3.8) is 0 Å². The highest BCUT2D eigenvalue weighted by atomic mass is 16.3. The number of likely N-dealkylation sites (tertiary alicyclic amines) is 1. The summed E-state index contributed by atoms with van der Waals surface area (Å²) < 4.78 is 0. The Morgan fingerprint density at radius 2 is 1.55 bits per heavy atom. The van der Waals surface area contributed by atoms with Gasteiger partial charge in [-0.15, -0.1) is 0 Å². The van der Waals surface area contributed by atoms with Crippen LogP contribution in [0, 0.1) is 11.3 Å². The topological polar surface area (TPSA) is 52.6 Å². The largest absolute Gasteiger partial charge is 0.388 e. The van der Waals surface area contributed by atoms with Gasteiger partial charge in [-0.1, -0.05) is 13.8 Å². The Bertz CT molecular complexity index is 420. The maximum atomic E-state index is 12.7. The maximum absolute atomic E-state index is 12.7. The summed E-state index contributed by atoms with van der Waals surface area (Å²) in [6.07, 6.45) is 2.65. The molecule has 128 valence electrons. The number of carbonyl (C=O) groups is 1. The predicted octanol–water partition coefficient (Wildman–Crippen LogP) is 2.55. The summed E-state index contributed by atoms with van der Waals surface area (Å²) in [6.45, 7) is 15.9. The molecule has 2 aliphatic rings. The van der Waals surface area contributed by atoms with Gasteiger partial charge in [-0.05, 0) is 53.4 Å². The molecule has 0 aromatic heterocycles. The molecule has 4 nitrogen and oxygen atoms in total. The summed E-state index contributed by atoms with van der Waals surface area (Å²) in [6, 6.07) is 0. The molecule has 22 heavy (non-hydrogen) atoms. The number of hydrogen-bond donors (Lipinski definition) is 2. The molecule has 0 radical (unpaired) electrons. The fourth-order valence-corrected chi connectivity index (χ4v) is 4.52. The van der Waals surface area contributed by atoms with Crippen molar-refractivity contribution in [1.82, 2.24) is 10.2 Å². The van der Waals surface area contributed by atoms with Gasteiger partial charge in [-0.2, -0.15) is 0 Å². The second-order valence-corrected chi connectivity index (χ2v) is 9.78.